The SMILES string of the molecule is Cc1cc2c(C)c3ccc(Br)[nH]c3cc2c1CCC1c2ccccc2-c2ccccc21. The highest BCUT2D eigenvalue weighted by atomic mass is 79.9. The summed E-state index contributed by atoms with van der Waals surface area (Å²) in [6, 6.07) is 26.9. The van der Waals surface area contributed by atoms with E-state index < -0.39 is 0 Å². The van der Waals surface area contributed by atoms with Crippen molar-refractivity contribution in [2.45, 2.75) is 32.6 Å². The lowest BCUT2D eigenvalue weighted by atomic mass is 9.89. The van der Waals surface area contributed by atoms with Crippen LogP contribution in [0.3, 0.4) is 0 Å². The number of pyridine rings is 1. The van der Waals surface area contributed by atoms with Gasteiger partial charge in [-0.2, -0.15) is 0 Å². The van der Waals surface area contributed by atoms with Gasteiger partial charge in [-0.25, -0.2) is 0 Å². The minimum atomic E-state index is 0.471. The molecule has 1 aliphatic carbocycles. The van der Waals surface area contributed by atoms with Gasteiger partial charge in [-0.05, 0) is 111 Å². The summed E-state index contributed by atoms with van der Waals surface area (Å²) < 4.78 is 1.02. The van der Waals surface area contributed by atoms with Gasteiger partial charge >= 0.3 is 0 Å². The van der Waals surface area contributed by atoms with Crippen LogP contribution in [0, 0.1) is 13.8 Å². The molecule has 0 aliphatic heterocycles. The fraction of sp³-hybridized carbons (Fsp3) is 0.172. The molecule has 0 radical (unpaired) electrons. The third-order valence-electron chi connectivity index (χ3n) is 7.14. The second-order valence-corrected chi connectivity index (χ2v) is 9.66. The molecule has 1 heterocycles. The number of aromatic nitrogens is 1. The van der Waals surface area contributed by atoms with E-state index in [9.17, 15) is 0 Å². The van der Waals surface area contributed by atoms with Gasteiger partial charge in [0.25, 0.3) is 0 Å². The van der Waals surface area contributed by atoms with Crippen LogP contribution in [0.4, 0.5) is 0 Å². The molecule has 1 nitrogen and oxygen atoms in total. The smallest absolute Gasteiger partial charge is 0.0824 e. The first kappa shape index (κ1) is 18.9. The van der Waals surface area contributed by atoms with Crippen molar-refractivity contribution in [2.75, 3.05) is 0 Å². The molecular weight excluding hydrogens is 442 g/mol. The number of rotatable bonds is 3. The van der Waals surface area contributed by atoms with E-state index in [1.54, 1.807) is 0 Å². The minimum Gasteiger partial charge on any atom is -0.349 e. The number of aromatic amines is 1. The van der Waals surface area contributed by atoms with Crippen molar-refractivity contribution in [1.29, 1.82) is 0 Å². The summed E-state index contributed by atoms with van der Waals surface area (Å²) in [6.45, 7) is 4.52. The Morgan fingerprint density at radius 2 is 1.45 bits per heavy atom. The first-order valence-electron chi connectivity index (χ1n) is 11.0. The molecule has 0 spiro atoms. The van der Waals surface area contributed by atoms with E-state index in [0.717, 1.165) is 17.4 Å². The lowest BCUT2D eigenvalue weighted by molar-refractivity contribution is 0.731. The second-order valence-electron chi connectivity index (χ2n) is 8.80. The predicted octanol–water partition coefficient (Wildman–Crippen LogP) is 8.45. The highest BCUT2D eigenvalue weighted by molar-refractivity contribution is 9.10. The molecule has 152 valence electrons. The van der Waals surface area contributed by atoms with Gasteiger partial charge in [-0.1, -0.05) is 54.6 Å². The molecule has 4 aromatic carbocycles. The molecule has 1 N–H and O–H groups in total. The molecule has 1 aliphatic rings. The summed E-state index contributed by atoms with van der Waals surface area (Å²) in [7, 11) is 0. The highest BCUT2D eigenvalue weighted by Crippen LogP contribution is 2.47. The largest absolute Gasteiger partial charge is 0.349 e. The predicted molar refractivity (Wildman–Crippen MR) is 135 cm³/mol. The maximum Gasteiger partial charge on any atom is 0.0824 e. The summed E-state index contributed by atoms with van der Waals surface area (Å²) in [5.74, 6) is 0.471. The van der Waals surface area contributed by atoms with Crippen molar-refractivity contribution >= 4 is 37.6 Å². The van der Waals surface area contributed by atoms with Gasteiger partial charge in [-0.15, -0.1) is 0 Å². The maximum absolute atomic E-state index is 3.60. The molecule has 1 aromatic heterocycles. The van der Waals surface area contributed by atoms with Crippen LogP contribution in [0.15, 0.2) is 77.4 Å². The van der Waals surface area contributed by atoms with Crippen LogP contribution in [-0.2, 0) is 6.42 Å². The zero-order valence-electron chi connectivity index (χ0n) is 17.8. The van der Waals surface area contributed by atoms with Gasteiger partial charge in [0.15, 0.2) is 0 Å². The fourth-order valence-corrected chi connectivity index (χ4v) is 5.98. The van der Waals surface area contributed by atoms with E-state index >= 15 is 0 Å². The summed E-state index contributed by atoms with van der Waals surface area (Å²) in [5, 5.41) is 4.09. The van der Waals surface area contributed by atoms with Crippen LogP contribution in [0.2, 0.25) is 0 Å². The van der Waals surface area contributed by atoms with Gasteiger partial charge in [0.2, 0.25) is 0 Å². The molecule has 6 rings (SSSR count). The Hall–Kier alpha value is -2.84. The average molecular weight is 466 g/mol. The molecule has 0 saturated heterocycles. The molecule has 0 unspecified atom stereocenters. The van der Waals surface area contributed by atoms with Gasteiger partial charge in [0.05, 0.1) is 4.60 Å². The number of fused-ring (bicyclic) bond motifs is 5. The van der Waals surface area contributed by atoms with Gasteiger partial charge < -0.3 is 4.98 Å². The summed E-state index contributed by atoms with van der Waals surface area (Å²) in [5.41, 5.74) is 11.3. The van der Waals surface area contributed by atoms with Crippen molar-refractivity contribution in [3.8, 4) is 11.1 Å². The van der Waals surface area contributed by atoms with E-state index in [1.165, 1.54) is 60.6 Å². The first-order valence-corrected chi connectivity index (χ1v) is 11.8. The molecule has 0 amide bonds. The molecule has 0 fully saturated rings. The Bertz CT molecular complexity index is 1430. The van der Waals surface area contributed by atoms with E-state index in [4.69, 9.17) is 0 Å². The van der Waals surface area contributed by atoms with Crippen LogP contribution >= 0.6 is 15.9 Å². The summed E-state index contributed by atoms with van der Waals surface area (Å²) in [4.78, 5) is 3.50. The zero-order valence-corrected chi connectivity index (χ0v) is 19.4. The van der Waals surface area contributed by atoms with Crippen LogP contribution in [-0.4, -0.2) is 4.98 Å². The molecular formula is C29H24BrN. The Morgan fingerprint density at radius 1 is 0.774 bits per heavy atom. The molecule has 0 bridgehead atoms. The molecule has 0 atom stereocenters. The van der Waals surface area contributed by atoms with Crippen LogP contribution in [0.5, 0.6) is 0 Å². The number of halogens is 1. The average Bonchev–Trinajstić information content (AvgIpc) is 3.27. The van der Waals surface area contributed by atoms with Gasteiger partial charge in [0.1, 0.15) is 0 Å². The molecule has 5 aromatic rings. The van der Waals surface area contributed by atoms with Crippen molar-refractivity contribution in [3.63, 3.8) is 0 Å². The quantitative estimate of drug-likeness (QED) is 0.257. The van der Waals surface area contributed by atoms with E-state index in [1.807, 2.05) is 0 Å². The standard InChI is InChI=1S/C29H24BrN/c1-17-15-26-18(2)20-13-14-29(30)31-28(20)16-27(26)19(17)11-12-25-23-9-5-3-7-21(23)22-8-4-6-10-24(22)25/h3-10,13-16,25,31H,11-12H2,1-2H3. The maximum atomic E-state index is 3.60. The summed E-state index contributed by atoms with van der Waals surface area (Å²) >= 11 is 3.60. The number of hydrogen-bond acceptors (Lipinski definition) is 0. The molecule has 31 heavy (non-hydrogen) atoms. The first-order chi connectivity index (χ1) is 15.1. The van der Waals surface area contributed by atoms with Crippen molar-refractivity contribution in [3.05, 3.63) is 105 Å². The van der Waals surface area contributed by atoms with Crippen molar-refractivity contribution in [2.24, 2.45) is 0 Å². The van der Waals surface area contributed by atoms with Gasteiger partial charge in [0, 0.05) is 16.8 Å². The van der Waals surface area contributed by atoms with Gasteiger partial charge in [-0.3, -0.25) is 0 Å². The number of benzene rings is 3. The van der Waals surface area contributed by atoms with E-state index in [0.29, 0.717) is 5.92 Å². The van der Waals surface area contributed by atoms with Crippen molar-refractivity contribution < 1.29 is 0 Å². The normalized spacial score (nSPS) is 13.1. The van der Waals surface area contributed by atoms with Crippen molar-refractivity contribution in [1.82, 2.24) is 4.98 Å². The second kappa shape index (κ2) is 7.10. The van der Waals surface area contributed by atoms with Crippen LogP contribution in [0.1, 0.15) is 40.2 Å². The minimum absolute atomic E-state index is 0.471. The Balaban J connectivity index is 1.43. The number of nitrogens with one attached hydrogen (secondary N) is 1. The van der Waals surface area contributed by atoms with E-state index in [2.05, 4.69) is 108 Å². The Morgan fingerprint density at radius 3 is 2.16 bits per heavy atom. The third kappa shape index (κ3) is 2.89. The number of hydrogen-bond donors (Lipinski definition) is 1. The topological polar surface area (TPSA) is 15.8 Å². The van der Waals surface area contributed by atoms with Crippen LogP contribution in [0.25, 0.3) is 32.8 Å². The van der Waals surface area contributed by atoms with E-state index in [-0.39, 0.29) is 0 Å². The summed E-state index contributed by atoms with van der Waals surface area (Å²) in [6.07, 6.45) is 2.22. The zero-order chi connectivity index (χ0) is 21.1. The lowest BCUT2D eigenvalue weighted by Crippen LogP contribution is -2.00. The Labute approximate surface area is 191 Å². The molecule has 2 heteroatoms. The van der Waals surface area contributed by atoms with Crippen LogP contribution < -0.4 is 0 Å². The third-order valence-corrected chi connectivity index (χ3v) is 7.60. The highest BCUT2D eigenvalue weighted by Gasteiger charge is 2.28. The monoisotopic (exact) mass is 465 g/mol. The Kier molecular flexibility index (Phi) is 4.33. The fourth-order valence-electron chi connectivity index (χ4n) is 5.64. The lowest BCUT2D eigenvalue weighted by Gasteiger charge is -2.14. The number of H-pyrrole nitrogens is 1. The molecule has 0 saturated carbocycles. The number of aryl methyl sites for hydroxylation is 3.